The van der Waals surface area contributed by atoms with E-state index in [4.69, 9.17) is 0 Å². The van der Waals surface area contributed by atoms with E-state index in [9.17, 15) is 4.79 Å². The Kier molecular flexibility index (Phi) is 2.96. The molecule has 90 valence electrons. The van der Waals surface area contributed by atoms with Crippen LogP contribution in [0.5, 0.6) is 0 Å². The Morgan fingerprint density at radius 1 is 1.29 bits per heavy atom. The van der Waals surface area contributed by atoms with Gasteiger partial charge in [0.2, 0.25) is 0 Å². The van der Waals surface area contributed by atoms with Crippen LogP contribution in [-0.2, 0) is 11.2 Å². The summed E-state index contributed by atoms with van der Waals surface area (Å²) in [6.07, 6.45) is 9.78. The molecule has 0 aliphatic heterocycles. The van der Waals surface area contributed by atoms with Gasteiger partial charge in [-0.1, -0.05) is 31.7 Å². The van der Waals surface area contributed by atoms with Crippen LogP contribution in [-0.4, -0.2) is 10.8 Å². The number of hydrogen-bond acceptors (Lipinski definition) is 2. The number of aryl methyl sites for hydroxylation is 1. The molecule has 1 fully saturated rings. The van der Waals surface area contributed by atoms with Crippen LogP contribution >= 0.6 is 0 Å². The quantitative estimate of drug-likeness (QED) is 0.796. The summed E-state index contributed by atoms with van der Waals surface area (Å²) in [6.45, 7) is 0. The maximum atomic E-state index is 12.3. The third kappa shape index (κ3) is 2.13. The average molecular weight is 229 g/mol. The van der Waals surface area contributed by atoms with Crippen molar-refractivity contribution >= 4 is 5.78 Å². The second-order valence-corrected chi connectivity index (χ2v) is 5.46. The summed E-state index contributed by atoms with van der Waals surface area (Å²) in [6, 6.07) is 4.09. The fraction of sp³-hybridized carbons (Fsp3) is 0.600. The fourth-order valence-electron chi connectivity index (χ4n) is 3.37. The van der Waals surface area contributed by atoms with Crippen molar-refractivity contribution in [2.24, 2.45) is 5.92 Å². The first-order valence-corrected chi connectivity index (χ1v) is 6.81. The van der Waals surface area contributed by atoms with Crippen LogP contribution in [0.2, 0.25) is 0 Å². The Hall–Kier alpha value is -1.18. The van der Waals surface area contributed by atoms with E-state index in [1.807, 2.05) is 12.3 Å². The predicted octanol–water partition coefficient (Wildman–Crippen LogP) is 3.26. The Labute approximate surface area is 102 Å². The lowest BCUT2D eigenvalue weighted by atomic mass is 9.92. The summed E-state index contributed by atoms with van der Waals surface area (Å²) in [5.41, 5.74) is 2.35. The molecular weight excluding hydrogens is 210 g/mol. The summed E-state index contributed by atoms with van der Waals surface area (Å²) >= 11 is 0. The van der Waals surface area contributed by atoms with E-state index >= 15 is 0 Å². The van der Waals surface area contributed by atoms with E-state index in [2.05, 4.69) is 11.1 Å². The van der Waals surface area contributed by atoms with E-state index in [1.165, 1.54) is 31.2 Å². The molecule has 2 aliphatic carbocycles. The van der Waals surface area contributed by atoms with Gasteiger partial charge in [-0.25, -0.2) is 0 Å². The van der Waals surface area contributed by atoms with Crippen molar-refractivity contribution in [3.63, 3.8) is 0 Å². The largest absolute Gasteiger partial charge is 0.299 e. The molecule has 0 N–H and O–H groups in total. The molecule has 1 atom stereocenters. The molecule has 1 heterocycles. The number of nitrogens with zero attached hydrogens (tertiary/aromatic N) is 1. The first-order chi connectivity index (χ1) is 8.34. The minimum Gasteiger partial charge on any atom is -0.299 e. The third-order valence-electron chi connectivity index (χ3n) is 4.31. The Balaban J connectivity index is 1.71. The molecule has 2 heteroatoms. The first kappa shape index (κ1) is 10.9. The summed E-state index contributed by atoms with van der Waals surface area (Å²) in [5, 5.41) is 0. The average Bonchev–Trinajstić information content (AvgIpc) is 2.96. The molecule has 0 spiro atoms. The van der Waals surface area contributed by atoms with Crippen LogP contribution in [0.15, 0.2) is 18.3 Å². The highest BCUT2D eigenvalue weighted by molar-refractivity contribution is 5.86. The highest BCUT2D eigenvalue weighted by atomic mass is 16.1. The molecule has 1 aromatic heterocycles. The molecule has 0 radical (unpaired) electrons. The molecule has 0 bridgehead atoms. The summed E-state index contributed by atoms with van der Waals surface area (Å²) in [7, 11) is 0. The monoisotopic (exact) mass is 229 g/mol. The number of fused-ring (bicyclic) bond motifs is 1. The standard InChI is InChI=1S/C15H19NO/c17-14(10-11-4-1-2-5-11)13-8-7-12-6-3-9-16-15(12)13/h3,6,9,11,13H,1-2,4-5,7-8,10H2. The molecular formula is C15H19NO. The molecule has 1 aromatic rings. The minimum atomic E-state index is 0.104. The Bertz CT molecular complexity index is 421. The van der Waals surface area contributed by atoms with Crippen LogP contribution in [0.1, 0.15) is 55.7 Å². The number of Topliss-reactive ketones (excluding diaryl/α,β-unsaturated/α-hetero) is 1. The second kappa shape index (κ2) is 4.59. The van der Waals surface area contributed by atoms with Crippen molar-refractivity contribution in [2.75, 3.05) is 0 Å². The SMILES string of the molecule is O=C(CC1CCCC1)C1CCc2cccnc21. The maximum absolute atomic E-state index is 12.3. The van der Waals surface area contributed by atoms with Gasteiger partial charge in [0.15, 0.2) is 0 Å². The summed E-state index contributed by atoms with van der Waals surface area (Å²) < 4.78 is 0. The molecule has 1 saturated carbocycles. The van der Waals surface area contributed by atoms with Crippen LogP contribution in [0.4, 0.5) is 0 Å². The lowest BCUT2D eigenvalue weighted by Crippen LogP contribution is -2.14. The van der Waals surface area contributed by atoms with Crippen molar-refractivity contribution in [3.05, 3.63) is 29.6 Å². The number of aromatic nitrogens is 1. The third-order valence-corrected chi connectivity index (χ3v) is 4.31. The zero-order chi connectivity index (χ0) is 11.7. The summed E-state index contributed by atoms with van der Waals surface area (Å²) in [5.74, 6) is 1.21. The van der Waals surface area contributed by atoms with Gasteiger partial charge >= 0.3 is 0 Å². The minimum absolute atomic E-state index is 0.104. The highest BCUT2D eigenvalue weighted by Gasteiger charge is 2.31. The van der Waals surface area contributed by atoms with Gasteiger partial charge in [0, 0.05) is 12.6 Å². The van der Waals surface area contributed by atoms with Crippen LogP contribution in [0.3, 0.4) is 0 Å². The van der Waals surface area contributed by atoms with Crippen LogP contribution in [0, 0.1) is 5.92 Å². The normalized spacial score (nSPS) is 23.9. The van der Waals surface area contributed by atoms with Gasteiger partial charge in [-0.2, -0.15) is 0 Å². The second-order valence-electron chi connectivity index (χ2n) is 5.46. The van der Waals surface area contributed by atoms with E-state index in [0.717, 1.165) is 25.0 Å². The molecule has 1 unspecified atom stereocenters. The van der Waals surface area contributed by atoms with Crippen molar-refractivity contribution in [3.8, 4) is 0 Å². The Morgan fingerprint density at radius 2 is 2.12 bits per heavy atom. The number of carbonyl (C=O) groups excluding carboxylic acids is 1. The molecule has 0 amide bonds. The van der Waals surface area contributed by atoms with Gasteiger partial charge in [-0.15, -0.1) is 0 Å². The lowest BCUT2D eigenvalue weighted by molar-refractivity contribution is -0.121. The van der Waals surface area contributed by atoms with Crippen molar-refractivity contribution in [1.82, 2.24) is 4.98 Å². The van der Waals surface area contributed by atoms with Crippen molar-refractivity contribution in [1.29, 1.82) is 0 Å². The van der Waals surface area contributed by atoms with E-state index in [0.29, 0.717) is 11.7 Å². The number of pyridine rings is 1. The predicted molar refractivity (Wildman–Crippen MR) is 66.9 cm³/mol. The van der Waals surface area contributed by atoms with Crippen molar-refractivity contribution < 1.29 is 4.79 Å². The van der Waals surface area contributed by atoms with Crippen LogP contribution in [0.25, 0.3) is 0 Å². The van der Waals surface area contributed by atoms with Crippen molar-refractivity contribution in [2.45, 2.75) is 50.9 Å². The van der Waals surface area contributed by atoms with Gasteiger partial charge in [0.05, 0.1) is 11.6 Å². The summed E-state index contributed by atoms with van der Waals surface area (Å²) in [4.78, 5) is 16.7. The van der Waals surface area contributed by atoms with E-state index < -0.39 is 0 Å². The molecule has 3 rings (SSSR count). The van der Waals surface area contributed by atoms with E-state index in [-0.39, 0.29) is 5.92 Å². The van der Waals surface area contributed by atoms with Gasteiger partial charge in [0.1, 0.15) is 5.78 Å². The number of hydrogen-bond donors (Lipinski definition) is 0. The van der Waals surface area contributed by atoms with Crippen LogP contribution < -0.4 is 0 Å². The molecule has 2 aliphatic rings. The highest BCUT2D eigenvalue weighted by Crippen LogP contribution is 2.35. The molecule has 2 nitrogen and oxygen atoms in total. The first-order valence-electron chi connectivity index (χ1n) is 6.81. The topological polar surface area (TPSA) is 30.0 Å². The van der Waals surface area contributed by atoms with Gasteiger partial charge in [-0.3, -0.25) is 9.78 Å². The zero-order valence-electron chi connectivity index (χ0n) is 10.2. The van der Waals surface area contributed by atoms with Gasteiger partial charge in [0.25, 0.3) is 0 Å². The molecule has 17 heavy (non-hydrogen) atoms. The lowest BCUT2D eigenvalue weighted by Gasteiger charge is -2.13. The molecule has 0 saturated heterocycles. The fourth-order valence-corrected chi connectivity index (χ4v) is 3.37. The number of rotatable bonds is 3. The zero-order valence-corrected chi connectivity index (χ0v) is 10.2. The number of ketones is 1. The number of carbonyl (C=O) groups is 1. The molecule has 0 aromatic carbocycles. The Morgan fingerprint density at radius 3 is 2.94 bits per heavy atom. The van der Waals surface area contributed by atoms with E-state index in [1.54, 1.807) is 0 Å². The maximum Gasteiger partial charge on any atom is 0.142 e. The van der Waals surface area contributed by atoms with Gasteiger partial charge in [-0.05, 0) is 30.4 Å². The smallest absolute Gasteiger partial charge is 0.142 e. The van der Waals surface area contributed by atoms with Gasteiger partial charge < -0.3 is 0 Å².